The molecule has 1 aliphatic carbocycles. The van der Waals surface area contributed by atoms with Gasteiger partial charge in [-0.1, -0.05) is 0 Å². The molecule has 30 heavy (non-hydrogen) atoms. The van der Waals surface area contributed by atoms with E-state index in [1.165, 1.54) is 29.9 Å². The Bertz CT molecular complexity index is 1340. The van der Waals surface area contributed by atoms with Crippen LogP contribution < -0.4 is 0 Å². The number of aromatic amines is 1. The third-order valence-corrected chi connectivity index (χ3v) is 6.15. The topological polar surface area (TPSA) is 72.3 Å². The van der Waals surface area contributed by atoms with Crippen LogP contribution >= 0.6 is 0 Å². The van der Waals surface area contributed by atoms with Crippen LogP contribution in [0.4, 0.5) is 17.6 Å². The van der Waals surface area contributed by atoms with Gasteiger partial charge in [-0.05, 0) is 19.1 Å². The molecule has 6 nitrogen and oxygen atoms in total. The van der Waals surface area contributed by atoms with Gasteiger partial charge >= 0.3 is 0 Å². The van der Waals surface area contributed by atoms with E-state index in [4.69, 9.17) is 0 Å². The molecule has 0 radical (unpaired) electrons. The van der Waals surface area contributed by atoms with Crippen LogP contribution in [0.1, 0.15) is 17.8 Å². The molecule has 1 aliphatic heterocycles. The van der Waals surface area contributed by atoms with E-state index in [1.807, 2.05) is 0 Å². The Morgan fingerprint density at radius 2 is 1.93 bits per heavy atom. The van der Waals surface area contributed by atoms with Gasteiger partial charge in [-0.15, -0.1) is 0 Å². The molecule has 0 amide bonds. The number of H-pyrrole nitrogens is 1. The van der Waals surface area contributed by atoms with Crippen LogP contribution in [0.2, 0.25) is 0 Å². The quantitative estimate of drug-likeness (QED) is 0.503. The lowest BCUT2D eigenvalue weighted by Gasteiger charge is -2.11. The predicted octanol–water partition coefficient (Wildman–Crippen LogP) is 4.05. The zero-order valence-electron chi connectivity index (χ0n) is 15.7. The second-order valence-electron chi connectivity index (χ2n) is 8.05. The summed E-state index contributed by atoms with van der Waals surface area (Å²) in [4.78, 5) is 8.26. The summed E-state index contributed by atoms with van der Waals surface area (Å²) in [6, 6.07) is 2.67. The summed E-state index contributed by atoms with van der Waals surface area (Å²) in [5.74, 6) is -3.87. The average Bonchev–Trinajstić information content (AvgIpc) is 3.13. The van der Waals surface area contributed by atoms with Gasteiger partial charge in [0.05, 0.1) is 35.7 Å². The first kappa shape index (κ1) is 17.5. The minimum atomic E-state index is -2.77. The van der Waals surface area contributed by atoms with Crippen molar-refractivity contribution in [3.8, 4) is 22.5 Å². The van der Waals surface area contributed by atoms with Crippen LogP contribution in [0.5, 0.6) is 0 Å². The van der Waals surface area contributed by atoms with E-state index in [2.05, 4.69) is 25.3 Å². The van der Waals surface area contributed by atoms with E-state index in [9.17, 15) is 13.2 Å². The van der Waals surface area contributed by atoms with Gasteiger partial charge in [0, 0.05) is 35.0 Å². The smallest absolute Gasteiger partial charge is 0.256 e. The molecule has 1 spiro atoms. The zero-order valence-corrected chi connectivity index (χ0v) is 15.7. The van der Waals surface area contributed by atoms with Crippen molar-refractivity contribution in [3.05, 3.63) is 47.5 Å². The van der Waals surface area contributed by atoms with Gasteiger partial charge in [0.1, 0.15) is 11.5 Å². The third kappa shape index (κ3) is 2.18. The largest absolute Gasteiger partial charge is 0.267 e. The van der Waals surface area contributed by atoms with E-state index < -0.39 is 23.0 Å². The third-order valence-electron chi connectivity index (χ3n) is 6.15. The number of aromatic nitrogens is 6. The first-order valence-corrected chi connectivity index (χ1v) is 9.39. The van der Waals surface area contributed by atoms with E-state index >= 15 is 4.39 Å². The van der Waals surface area contributed by atoms with Gasteiger partial charge in [0.25, 0.3) is 5.92 Å². The number of hydrogen-bond acceptors (Lipinski definition) is 4. The molecule has 1 fully saturated rings. The number of rotatable bonds is 2. The second-order valence-corrected chi connectivity index (χ2v) is 8.05. The highest BCUT2D eigenvalue weighted by atomic mass is 19.3. The second kappa shape index (κ2) is 5.44. The number of alkyl halides is 2. The summed E-state index contributed by atoms with van der Waals surface area (Å²) < 4.78 is 58.5. The van der Waals surface area contributed by atoms with Gasteiger partial charge in [-0.3, -0.25) is 14.8 Å². The first-order valence-electron chi connectivity index (χ1n) is 9.39. The average molecular weight is 414 g/mol. The molecule has 1 saturated carbocycles. The molecule has 1 atom stereocenters. The maximum Gasteiger partial charge on any atom is 0.256 e. The minimum absolute atomic E-state index is 0.0454. The number of halogens is 4. The normalized spacial score (nSPS) is 21.5. The van der Waals surface area contributed by atoms with Crippen molar-refractivity contribution in [3.63, 3.8) is 0 Å². The summed E-state index contributed by atoms with van der Waals surface area (Å²) in [7, 11) is 0. The number of nitrogens with one attached hydrogen (secondary N) is 1. The predicted molar refractivity (Wildman–Crippen MR) is 98.7 cm³/mol. The molecular weight excluding hydrogens is 400 g/mol. The van der Waals surface area contributed by atoms with Crippen LogP contribution in [-0.2, 0) is 13.0 Å². The molecule has 152 valence electrons. The minimum Gasteiger partial charge on any atom is -0.267 e. The van der Waals surface area contributed by atoms with Crippen molar-refractivity contribution >= 4 is 11.0 Å². The van der Waals surface area contributed by atoms with Crippen LogP contribution in [0, 0.1) is 24.0 Å². The zero-order chi connectivity index (χ0) is 20.8. The summed E-state index contributed by atoms with van der Waals surface area (Å²) in [5, 5.41) is 11.6. The van der Waals surface area contributed by atoms with Crippen molar-refractivity contribution in [1.82, 2.24) is 29.9 Å². The van der Waals surface area contributed by atoms with E-state index in [0.29, 0.717) is 33.7 Å². The highest BCUT2D eigenvalue weighted by Gasteiger charge is 2.73. The van der Waals surface area contributed by atoms with Gasteiger partial charge in [-0.2, -0.15) is 10.2 Å². The lowest BCUT2D eigenvalue weighted by Crippen LogP contribution is -2.13. The van der Waals surface area contributed by atoms with E-state index in [1.54, 1.807) is 0 Å². The summed E-state index contributed by atoms with van der Waals surface area (Å²) in [5.41, 5.74) is 1.08. The van der Waals surface area contributed by atoms with Gasteiger partial charge in [0.15, 0.2) is 11.5 Å². The van der Waals surface area contributed by atoms with Crippen molar-refractivity contribution in [2.45, 2.75) is 32.2 Å². The van der Waals surface area contributed by atoms with Gasteiger partial charge < -0.3 is 0 Å². The van der Waals surface area contributed by atoms with Gasteiger partial charge in [-0.25, -0.2) is 22.5 Å². The fourth-order valence-electron chi connectivity index (χ4n) is 4.48. The summed E-state index contributed by atoms with van der Waals surface area (Å²) in [6.07, 6.45) is 2.35. The number of pyridine rings is 2. The van der Waals surface area contributed by atoms with Crippen LogP contribution in [0.25, 0.3) is 33.5 Å². The highest BCUT2D eigenvalue weighted by molar-refractivity contribution is 5.98. The van der Waals surface area contributed by atoms with E-state index in [0.717, 1.165) is 6.20 Å². The molecule has 0 unspecified atom stereocenters. The van der Waals surface area contributed by atoms with Crippen LogP contribution in [0.3, 0.4) is 0 Å². The highest BCUT2D eigenvalue weighted by Crippen LogP contribution is 2.66. The first-order chi connectivity index (χ1) is 14.3. The Kier molecular flexibility index (Phi) is 3.18. The number of nitrogens with zero attached hydrogens (tertiary/aromatic N) is 5. The van der Waals surface area contributed by atoms with Crippen LogP contribution in [0.15, 0.2) is 24.5 Å². The molecule has 10 heteroatoms. The fraction of sp³-hybridized carbons (Fsp3) is 0.300. The van der Waals surface area contributed by atoms with Crippen molar-refractivity contribution in [2.24, 2.45) is 5.41 Å². The number of aryl methyl sites for hydroxylation is 1. The molecule has 2 aliphatic rings. The maximum absolute atomic E-state index is 15.4. The Morgan fingerprint density at radius 3 is 2.63 bits per heavy atom. The lowest BCUT2D eigenvalue weighted by atomic mass is 9.94. The SMILES string of the molecule is Cc1nc2[nH]ncc2c(-c2c(-c3ccc(F)cn3)nn3c2C[C@@]2(C3)CC2(F)F)c1F. The number of hydrogen-bond donors (Lipinski definition) is 1. The molecular formula is C20H14F4N6. The Hall–Kier alpha value is -3.30. The van der Waals surface area contributed by atoms with Gasteiger partial charge in [0.2, 0.25) is 0 Å². The Labute approximate surface area is 167 Å². The molecule has 0 bridgehead atoms. The standard InChI is InChI=1S/C20H14F4N6/c1-9-16(22)14(11-6-26-28-18(11)27-9)15-13-4-19(7-20(19,23)24)8-30(13)29-17(15)12-3-2-10(21)5-25-12/h2-3,5-6H,4,7-8H2,1H3,(H,26,27,28)/t19-/m0/s1. The number of fused-ring (bicyclic) bond motifs is 2. The monoisotopic (exact) mass is 414 g/mol. The maximum atomic E-state index is 15.4. The Morgan fingerprint density at radius 1 is 1.13 bits per heavy atom. The molecule has 4 aromatic heterocycles. The Balaban J connectivity index is 1.65. The molecule has 0 aromatic carbocycles. The lowest BCUT2D eigenvalue weighted by molar-refractivity contribution is 0.0630. The molecule has 5 heterocycles. The summed E-state index contributed by atoms with van der Waals surface area (Å²) >= 11 is 0. The van der Waals surface area contributed by atoms with Crippen molar-refractivity contribution in [2.75, 3.05) is 0 Å². The molecule has 1 N–H and O–H groups in total. The summed E-state index contributed by atoms with van der Waals surface area (Å²) in [6.45, 7) is 1.57. The molecule has 4 aromatic rings. The van der Waals surface area contributed by atoms with Crippen molar-refractivity contribution < 1.29 is 17.6 Å². The molecule has 6 rings (SSSR count). The van der Waals surface area contributed by atoms with Crippen molar-refractivity contribution in [1.29, 1.82) is 0 Å². The van der Waals surface area contributed by atoms with Crippen LogP contribution in [-0.4, -0.2) is 35.9 Å². The fourth-order valence-corrected chi connectivity index (χ4v) is 4.48. The van der Waals surface area contributed by atoms with E-state index in [-0.39, 0.29) is 30.6 Å². The molecule has 0 saturated heterocycles.